The molecule has 0 aliphatic carbocycles. The molecule has 0 heterocycles. The molecule has 0 atom stereocenters. The van der Waals surface area contributed by atoms with Gasteiger partial charge in [0.25, 0.3) is 0 Å². The van der Waals surface area contributed by atoms with E-state index in [9.17, 15) is 22.0 Å². The summed E-state index contributed by atoms with van der Waals surface area (Å²) in [5.41, 5.74) is 2.55. The molecule has 2 rings (SSSR count). The van der Waals surface area contributed by atoms with Crippen molar-refractivity contribution in [3.05, 3.63) is 59.2 Å². The van der Waals surface area contributed by atoms with E-state index in [-0.39, 0.29) is 25.1 Å². The average Bonchev–Trinajstić information content (AvgIpc) is 2.57. The maximum atomic E-state index is 13.2. The van der Waals surface area contributed by atoms with Crippen LogP contribution in [0.2, 0.25) is 0 Å². The fourth-order valence-corrected chi connectivity index (χ4v) is 3.67. The lowest BCUT2D eigenvalue weighted by molar-refractivity contribution is -0.116. The van der Waals surface area contributed by atoms with E-state index in [1.165, 1.54) is 10.4 Å². The Hall–Kier alpha value is -2.48. The van der Waals surface area contributed by atoms with Gasteiger partial charge in [-0.1, -0.05) is 12.1 Å². The van der Waals surface area contributed by atoms with E-state index in [0.717, 1.165) is 29.5 Å². The SMILES string of the molecule is Cc1cccc(N(CCCC(=O)Nc2ccc(F)c(F)c2)S(C)(=O)=O)c1C. The molecule has 27 heavy (non-hydrogen) atoms. The third-order valence-electron chi connectivity index (χ3n) is 4.21. The lowest BCUT2D eigenvalue weighted by Gasteiger charge is -2.24. The van der Waals surface area contributed by atoms with Crippen LogP contribution in [0, 0.1) is 25.5 Å². The Morgan fingerprint density at radius 2 is 1.81 bits per heavy atom. The molecular formula is C19H22F2N2O3S. The summed E-state index contributed by atoms with van der Waals surface area (Å²) in [6, 6.07) is 8.49. The maximum Gasteiger partial charge on any atom is 0.232 e. The van der Waals surface area contributed by atoms with Gasteiger partial charge in [-0.3, -0.25) is 9.10 Å². The number of hydrogen-bond donors (Lipinski definition) is 1. The molecule has 5 nitrogen and oxygen atoms in total. The Kier molecular flexibility index (Phi) is 6.54. The first-order valence-corrected chi connectivity index (χ1v) is 10.2. The van der Waals surface area contributed by atoms with E-state index < -0.39 is 27.6 Å². The number of carbonyl (C=O) groups excluding carboxylic acids is 1. The highest BCUT2D eigenvalue weighted by Crippen LogP contribution is 2.25. The normalized spacial score (nSPS) is 11.3. The number of nitrogens with zero attached hydrogens (tertiary/aromatic N) is 1. The van der Waals surface area contributed by atoms with Crippen molar-refractivity contribution in [2.45, 2.75) is 26.7 Å². The fraction of sp³-hybridized carbons (Fsp3) is 0.316. The highest BCUT2D eigenvalue weighted by atomic mass is 32.2. The summed E-state index contributed by atoms with van der Waals surface area (Å²) in [5.74, 6) is -2.45. The molecule has 146 valence electrons. The van der Waals surface area contributed by atoms with Gasteiger partial charge in [-0.05, 0) is 49.6 Å². The molecule has 0 aliphatic heterocycles. The third-order valence-corrected chi connectivity index (χ3v) is 5.39. The van der Waals surface area contributed by atoms with Crippen molar-refractivity contribution in [3.8, 4) is 0 Å². The van der Waals surface area contributed by atoms with Crippen LogP contribution in [0.3, 0.4) is 0 Å². The minimum absolute atomic E-state index is 0.0376. The quantitative estimate of drug-likeness (QED) is 0.775. The van der Waals surface area contributed by atoms with Crippen LogP contribution >= 0.6 is 0 Å². The molecule has 0 saturated carbocycles. The van der Waals surface area contributed by atoms with Crippen LogP contribution in [0.15, 0.2) is 36.4 Å². The summed E-state index contributed by atoms with van der Waals surface area (Å²) in [6.07, 6.45) is 1.43. The summed E-state index contributed by atoms with van der Waals surface area (Å²) >= 11 is 0. The lowest BCUT2D eigenvalue weighted by Crippen LogP contribution is -2.32. The Morgan fingerprint density at radius 3 is 2.44 bits per heavy atom. The van der Waals surface area contributed by atoms with Gasteiger partial charge in [0.1, 0.15) is 0 Å². The van der Waals surface area contributed by atoms with Crippen LogP contribution < -0.4 is 9.62 Å². The first kappa shape index (κ1) is 20.8. The first-order chi connectivity index (χ1) is 12.6. The topological polar surface area (TPSA) is 66.5 Å². The van der Waals surface area contributed by atoms with Gasteiger partial charge in [0.15, 0.2) is 11.6 Å². The minimum Gasteiger partial charge on any atom is -0.326 e. The van der Waals surface area contributed by atoms with Crippen LogP contribution in [0.5, 0.6) is 0 Å². The zero-order chi connectivity index (χ0) is 20.2. The Balaban J connectivity index is 2.02. The van der Waals surface area contributed by atoms with Crippen molar-refractivity contribution in [2.24, 2.45) is 0 Å². The molecule has 1 amide bonds. The van der Waals surface area contributed by atoms with Gasteiger partial charge >= 0.3 is 0 Å². The Morgan fingerprint density at radius 1 is 1.11 bits per heavy atom. The number of hydrogen-bond acceptors (Lipinski definition) is 3. The van der Waals surface area contributed by atoms with Crippen LogP contribution in [-0.2, 0) is 14.8 Å². The van der Waals surface area contributed by atoms with Crippen molar-refractivity contribution in [3.63, 3.8) is 0 Å². The molecule has 2 aromatic carbocycles. The predicted molar refractivity (Wildman–Crippen MR) is 102 cm³/mol. The van der Waals surface area contributed by atoms with Gasteiger partial charge in [0.2, 0.25) is 15.9 Å². The predicted octanol–water partition coefficient (Wildman–Crippen LogP) is 3.77. The third kappa shape index (κ3) is 5.50. The van der Waals surface area contributed by atoms with Crippen LogP contribution in [0.4, 0.5) is 20.2 Å². The molecule has 0 aromatic heterocycles. The summed E-state index contributed by atoms with van der Waals surface area (Å²) in [5, 5.41) is 2.47. The number of nitrogens with one attached hydrogen (secondary N) is 1. The molecule has 0 spiro atoms. The number of halogens is 2. The molecule has 0 unspecified atom stereocenters. The molecule has 0 radical (unpaired) electrons. The molecular weight excluding hydrogens is 374 g/mol. The Labute approximate surface area is 158 Å². The van der Waals surface area contributed by atoms with E-state index >= 15 is 0 Å². The smallest absolute Gasteiger partial charge is 0.232 e. The Bertz CT molecular complexity index is 946. The minimum atomic E-state index is -3.51. The molecule has 0 saturated heterocycles. The zero-order valence-corrected chi connectivity index (χ0v) is 16.2. The molecule has 1 N–H and O–H groups in total. The number of rotatable bonds is 7. The highest BCUT2D eigenvalue weighted by Gasteiger charge is 2.20. The number of amides is 1. The number of benzene rings is 2. The van der Waals surface area contributed by atoms with Gasteiger partial charge in [0.05, 0.1) is 11.9 Å². The van der Waals surface area contributed by atoms with E-state index in [2.05, 4.69) is 5.32 Å². The second-order valence-corrected chi connectivity index (χ2v) is 8.24. The highest BCUT2D eigenvalue weighted by molar-refractivity contribution is 7.92. The number of anilines is 2. The summed E-state index contributed by atoms with van der Waals surface area (Å²) in [4.78, 5) is 12.0. The molecule has 2 aromatic rings. The van der Waals surface area contributed by atoms with Crippen molar-refractivity contribution in [1.82, 2.24) is 0 Å². The van der Waals surface area contributed by atoms with Crippen molar-refractivity contribution in [1.29, 1.82) is 0 Å². The van der Waals surface area contributed by atoms with Gasteiger partial charge < -0.3 is 5.32 Å². The number of carbonyl (C=O) groups is 1. The maximum absolute atomic E-state index is 13.2. The molecule has 0 fully saturated rings. The largest absolute Gasteiger partial charge is 0.326 e. The van der Waals surface area contributed by atoms with E-state index in [1.807, 2.05) is 19.9 Å². The average molecular weight is 396 g/mol. The second kappa shape index (κ2) is 8.47. The van der Waals surface area contributed by atoms with Crippen molar-refractivity contribution < 1.29 is 22.0 Å². The van der Waals surface area contributed by atoms with Crippen molar-refractivity contribution >= 4 is 27.3 Å². The van der Waals surface area contributed by atoms with Crippen LogP contribution in [0.25, 0.3) is 0 Å². The van der Waals surface area contributed by atoms with Crippen LogP contribution in [0.1, 0.15) is 24.0 Å². The summed E-state index contributed by atoms with van der Waals surface area (Å²) < 4.78 is 51.7. The summed E-state index contributed by atoms with van der Waals surface area (Å²) in [7, 11) is -3.51. The summed E-state index contributed by atoms with van der Waals surface area (Å²) in [6.45, 7) is 3.88. The second-order valence-electron chi connectivity index (χ2n) is 6.33. The number of aryl methyl sites for hydroxylation is 1. The molecule has 0 bridgehead atoms. The van der Waals surface area contributed by atoms with Gasteiger partial charge in [-0.15, -0.1) is 0 Å². The zero-order valence-electron chi connectivity index (χ0n) is 15.4. The van der Waals surface area contributed by atoms with Crippen LogP contribution in [-0.4, -0.2) is 27.1 Å². The van der Waals surface area contributed by atoms with E-state index in [4.69, 9.17) is 0 Å². The molecule has 8 heteroatoms. The van der Waals surface area contributed by atoms with Gasteiger partial charge in [-0.2, -0.15) is 0 Å². The molecule has 0 aliphatic rings. The van der Waals surface area contributed by atoms with E-state index in [1.54, 1.807) is 12.1 Å². The monoisotopic (exact) mass is 396 g/mol. The standard InChI is InChI=1S/C19H22F2N2O3S/c1-13-6-4-7-18(14(13)2)23(27(3,25)26)11-5-8-19(24)22-15-9-10-16(20)17(21)12-15/h4,6-7,9-10,12H,5,8,11H2,1-3H3,(H,22,24). The van der Waals surface area contributed by atoms with Gasteiger partial charge in [-0.25, -0.2) is 17.2 Å². The van der Waals surface area contributed by atoms with E-state index in [0.29, 0.717) is 5.69 Å². The fourth-order valence-electron chi connectivity index (χ4n) is 2.65. The van der Waals surface area contributed by atoms with Gasteiger partial charge in [0, 0.05) is 24.7 Å². The lowest BCUT2D eigenvalue weighted by atomic mass is 10.1. The van der Waals surface area contributed by atoms with Crippen molar-refractivity contribution in [2.75, 3.05) is 22.4 Å². The first-order valence-electron chi connectivity index (χ1n) is 8.38. The number of sulfonamides is 1.